The zero-order chi connectivity index (χ0) is 21.4. The molecule has 0 aliphatic carbocycles. The lowest BCUT2D eigenvalue weighted by atomic mass is 10.3. The van der Waals surface area contributed by atoms with Gasteiger partial charge >= 0.3 is 23.7 Å². The van der Waals surface area contributed by atoms with E-state index >= 15 is 0 Å². The Bertz CT molecular complexity index is 954. The molecule has 0 saturated carbocycles. The van der Waals surface area contributed by atoms with Crippen molar-refractivity contribution in [1.29, 1.82) is 0 Å². The van der Waals surface area contributed by atoms with Gasteiger partial charge in [0.15, 0.2) is 11.5 Å². The van der Waals surface area contributed by atoms with Crippen LogP contribution in [0.15, 0.2) is 53.5 Å². The molecule has 2 aromatic carbocycles. The van der Waals surface area contributed by atoms with E-state index in [1.165, 1.54) is 36.4 Å². The number of aliphatic imine (C=N–C) groups is 1. The van der Waals surface area contributed by atoms with Crippen molar-refractivity contribution in [2.45, 2.75) is 15.9 Å². The van der Waals surface area contributed by atoms with E-state index in [9.17, 15) is 23.3 Å². The first-order valence-corrected chi connectivity index (χ1v) is 8.68. The third-order valence-corrected chi connectivity index (χ3v) is 4.18. The molecular weight excluding hydrogens is 464 g/mol. The van der Waals surface area contributed by atoms with Gasteiger partial charge in [-0.05, 0) is 18.2 Å². The molecule has 0 N–H and O–H groups in total. The van der Waals surface area contributed by atoms with Crippen LogP contribution < -0.4 is 14.2 Å². The number of hydrogen-bond donors (Lipinski definition) is 0. The molecular formula is C16H8Cl3F3N2O5. The van der Waals surface area contributed by atoms with Crippen LogP contribution in [0.25, 0.3) is 0 Å². The summed E-state index contributed by atoms with van der Waals surface area (Å²) in [6.07, 6.45) is -5.24. The van der Waals surface area contributed by atoms with Gasteiger partial charge in [-0.25, -0.2) is 0 Å². The SMILES string of the molecule is O=[N+]([O-])c1ccccc1OC(=NC1(C(Cl)(Cl)Cl)Oc2ccccc2O1)C(F)(F)F. The number of nitro groups is 1. The van der Waals surface area contributed by atoms with E-state index in [1.807, 2.05) is 0 Å². The molecule has 0 spiro atoms. The summed E-state index contributed by atoms with van der Waals surface area (Å²) in [6, 6.07) is 10.1. The zero-order valence-corrected chi connectivity index (χ0v) is 16.1. The maximum Gasteiger partial charge on any atom is 0.468 e. The van der Waals surface area contributed by atoms with Gasteiger partial charge in [0.2, 0.25) is 5.75 Å². The van der Waals surface area contributed by atoms with Crippen molar-refractivity contribution >= 4 is 46.4 Å². The van der Waals surface area contributed by atoms with E-state index in [1.54, 1.807) is 0 Å². The number of benzene rings is 2. The minimum atomic E-state index is -5.24. The molecule has 1 aliphatic rings. The molecule has 0 fully saturated rings. The average Bonchev–Trinajstić information content (AvgIpc) is 3.00. The summed E-state index contributed by atoms with van der Waals surface area (Å²) in [6.45, 7) is 0. The highest BCUT2D eigenvalue weighted by molar-refractivity contribution is 6.68. The minimum Gasteiger partial charge on any atom is -0.428 e. The van der Waals surface area contributed by atoms with E-state index in [2.05, 4.69) is 4.99 Å². The van der Waals surface area contributed by atoms with Gasteiger partial charge < -0.3 is 14.2 Å². The summed E-state index contributed by atoms with van der Waals surface area (Å²) in [5, 5.41) is 11.1. The fraction of sp³-hybridized carbons (Fsp3) is 0.188. The lowest BCUT2D eigenvalue weighted by molar-refractivity contribution is -0.385. The second-order valence-electron chi connectivity index (χ2n) is 5.47. The van der Waals surface area contributed by atoms with Crippen molar-refractivity contribution in [1.82, 2.24) is 0 Å². The second kappa shape index (κ2) is 7.43. The topological polar surface area (TPSA) is 83.2 Å². The number of nitro benzene ring substituents is 1. The summed E-state index contributed by atoms with van der Waals surface area (Å²) >= 11 is 17.4. The molecule has 0 bridgehead atoms. The predicted molar refractivity (Wildman–Crippen MR) is 97.9 cm³/mol. The molecule has 3 rings (SSSR count). The molecule has 29 heavy (non-hydrogen) atoms. The second-order valence-corrected chi connectivity index (χ2v) is 7.75. The summed E-state index contributed by atoms with van der Waals surface area (Å²) < 4.78 is 53.5. The first-order valence-electron chi connectivity index (χ1n) is 7.55. The molecule has 0 atom stereocenters. The predicted octanol–water partition coefficient (Wildman–Crippen LogP) is 5.43. The Morgan fingerprint density at radius 3 is 2.03 bits per heavy atom. The van der Waals surface area contributed by atoms with E-state index in [4.69, 9.17) is 49.0 Å². The lowest BCUT2D eigenvalue weighted by Crippen LogP contribution is -2.51. The Morgan fingerprint density at radius 2 is 1.55 bits per heavy atom. The number of nitrogens with zero attached hydrogens (tertiary/aromatic N) is 2. The van der Waals surface area contributed by atoms with Crippen molar-refractivity contribution in [2.24, 2.45) is 4.99 Å². The van der Waals surface area contributed by atoms with Crippen molar-refractivity contribution in [2.75, 3.05) is 0 Å². The normalized spacial score (nSPS) is 15.9. The number of rotatable bonds is 3. The molecule has 13 heteroatoms. The first-order chi connectivity index (χ1) is 13.4. The molecule has 0 radical (unpaired) electrons. The van der Waals surface area contributed by atoms with Gasteiger partial charge in [-0.3, -0.25) is 10.1 Å². The zero-order valence-electron chi connectivity index (χ0n) is 13.8. The minimum absolute atomic E-state index is 0.0326. The molecule has 7 nitrogen and oxygen atoms in total. The van der Waals surface area contributed by atoms with Gasteiger partial charge in [0.1, 0.15) is 0 Å². The van der Waals surface area contributed by atoms with Crippen LogP contribution >= 0.6 is 34.8 Å². The van der Waals surface area contributed by atoms with Crippen molar-refractivity contribution in [3.05, 3.63) is 58.6 Å². The molecule has 0 aromatic heterocycles. The van der Waals surface area contributed by atoms with Crippen molar-refractivity contribution in [3.8, 4) is 17.2 Å². The highest BCUT2D eigenvalue weighted by Gasteiger charge is 2.61. The van der Waals surface area contributed by atoms with E-state index in [0.717, 1.165) is 12.1 Å². The lowest BCUT2D eigenvalue weighted by Gasteiger charge is -2.30. The van der Waals surface area contributed by atoms with Crippen LogP contribution in [0.3, 0.4) is 0 Å². The van der Waals surface area contributed by atoms with Gasteiger partial charge in [0.05, 0.1) is 4.92 Å². The number of hydrogen-bond acceptors (Lipinski definition) is 6. The van der Waals surface area contributed by atoms with Crippen molar-refractivity contribution in [3.63, 3.8) is 0 Å². The Kier molecular flexibility index (Phi) is 5.46. The molecule has 2 aromatic rings. The molecule has 0 unspecified atom stereocenters. The number of para-hydroxylation sites is 4. The third-order valence-electron chi connectivity index (χ3n) is 3.46. The number of halogens is 6. The fourth-order valence-corrected chi connectivity index (χ4v) is 2.60. The third kappa shape index (κ3) is 4.29. The summed E-state index contributed by atoms with van der Waals surface area (Å²) in [7, 11) is 0. The highest BCUT2D eigenvalue weighted by Crippen LogP contribution is 2.51. The van der Waals surface area contributed by atoms with E-state index < -0.39 is 38.1 Å². The van der Waals surface area contributed by atoms with Gasteiger partial charge in [0, 0.05) is 6.07 Å². The van der Waals surface area contributed by atoms with Crippen LogP contribution in [0.1, 0.15) is 0 Å². The number of fused-ring (bicyclic) bond motifs is 1. The molecule has 1 heterocycles. The van der Waals surface area contributed by atoms with Crippen LogP contribution in [0.2, 0.25) is 0 Å². The van der Waals surface area contributed by atoms with Crippen LogP contribution in [0.4, 0.5) is 18.9 Å². The molecule has 154 valence electrons. The van der Waals surface area contributed by atoms with Gasteiger partial charge in [0.25, 0.3) is 3.79 Å². The number of alkyl halides is 6. The number of ether oxygens (including phenoxy) is 3. The fourth-order valence-electron chi connectivity index (χ4n) is 2.24. The molecule has 1 aliphatic heterocycles. The van der Waals surface area contributed by atoms with E-state index in [0.29, 0.717) is 0 Å². The monoisotopic (exact) mass is 470 g/mol. The Morgan fingerprint density at radius 1 is 1.03 bits per heavy atom. The largest absolute Gasteiger partial charge is 0.468 e. The molecule has 0 amide bonds. The Balaban J connectivity index is 2.10. The van der Waals surface area contributed by atoms with Crippen molar-refractivity contribution < 1.29 is 32.3 Å². The Hall–Kier alpha value is -2.43. The van der Waals surface area contributed by atoms with Crippen LogP contribution in [-0.4, -0.2) is 26.7 Å². The van der Waals surface area contributed by atoms with Crippen LogP contribution in [0.5, 0.6) is 17.2 Å². The first kappa shape index (κ1) is 21.3. The van der Waals surface area contributed by atoms with Gasteiger partial charge in [-0.1, -0.05) is 59.1 Å². The average molecular weight is 472 g/mol. The van der Waals surface area contributed by atoms with Gasteiger partial charge in [-0.15, -0.1) is 0 Å². The highest BCUT2D eigenvalue weighted by atomic mass is 35.6. The quantitative estimate of drug-likeness (QED) is 0.196. The Labute approximate surface area is 175 Å². The van der Waals surface area contributed by atoms with Gasteiger partial charge in [-0.2, -0.15) is 18.2 Å². The summed E-state index contributed by atoms with van der Waals surface area (Å²) in [5.41, 5.74) is -0.732. The summed E-state index contributed by atoms with van der Waals surface area (Å²) in [4.78, 5) is 13.4. The summed E-state index contributed by atoms with van der Waals surface area (Å²) in [5.74, 6) is -5.57. The van der Waals surface area contributed by atoms with Crippen LogP contribution in [-0.2, 0) is 0 Å². The van der Waals surface area contributed by atoms with Crippen LogP contribution in [0, 0.1) is 10.1 Å². The molecule has 0 saturated heterocycles. The van der Waals surface area contributed by atoms with E-state index in [-0.39, 0.29) is 11.5 Å². The standard InChI is InChI=1S/C16H8Cl3F3N2O5/c17-15(18,19)16(28-11-7-3-4-8-12(11)29-16)23-13(14(20,21)22)27-10-6-2-1-5-9(10)24(25)26/h1-8H. The smallest absolute Gasteiger partial charge is 0.428 e. The maximum absolute atomic E-state index is 13.6. The maximum atomic E-state index is 13.6.